The number of nitrogens with two attached hydrogens (primary N) is 1. The van der Waals surface area contributed by atoms with Gasteiger partial charge in [-0.05, 0) is 64.2 Å². The Bertz CT molecular complexity index is 1410. The van der Waals surface area contributed by atoms with Crippen LogP contribution in [-0.2, 0) is 37.5 Å². The van der Waals surface area contributed by atoms with Gasteiger partial charge in [-0.1, -0.05) is 119 Å². The number of rotatable bonds is 37. The third-order valence-corrected chi connectivity index (χ3v) is 11.0. The number of phosphoric acid groups is 1. The lowest BCUT2D eigenvalue weighted by atomic mass is 9.87. The first-order chi connectivity index (χ1) is 29.4. The van der Waals surface area contributed by atoms with Gasteiger partial charge < -0.3 is 35.4 Å². The number of carbonyl (C=O) groups excluding carboxylic acids is 3. The number of phosphoric ester groups is 1. The molecular formula is C47H78NO12P. The molecule has 61 heavy (non-hydrogen) atoms. The molecule has 1 fully saturated rings. The molecule has 0 aliphatic heterocycles. The van der Waals surface area contributed by atoms with Gasteiger partial charge in [0.1, 0.15) is 12.4 Å². The average Bonchev–Trinajstić information content (AvgIpc) is 3.49. The summed E-state index contributed by atoms with van der Waals surface area (Å²) in [6, 6.07) is 0. The fourth-order valence-electron chi connectivity index (χ4n) is 6.61. The maximum absolute atomic E-state index is 12.9. The van der Waals surface area contributed by atoms with Gasteiger partial charge in [0, 0.05) is 50.5 Å². The summed E-state index contributed by atoms with van der Waals surface area (Å²) >= 11 is 0. The number of ether oxygens (including phenoxy) is 2. The molecule has 7 atom stereocenters. The molecule has 0 amide bonds. The molecule has 0 bridgehead atoms. The molecule has 1 saturated carbocycles. The predicted octanol–water partition coefficient (Wildman–Crippen LogP) is 8.61. The minimum atomic E-state index is -4.50. The Morgan fingerprint density at radius 2 is 1.31 bits per heavy atom. The van der Waals surface area contributed by atoms with Gasteiger partial charge in [0.05, 0.1) is 31.5 Å². The van der Waals surface area contributed by atoms with E-state index < -0.39 is 69.2 Å². The summed E-state index contributed by atoms with van der Waals surface area (Å²) in [7, 11) is -4.50. The molecular weight excluding hydrogens is 801 g/mol. The fraction of sp³-hybridized carbons (Fsp3) is 0.681. The van der Waals surface area contributed by atoms with Crippen molar-refractivity contribution >= 4 is 25.5 Å². The standard InChI is InChI=1S/C47H78NO12P/c1-3-5-7-8-9-10-11-12-13-14-15-16-17-18-19-20-21-22-24-29-46(53)57-37-41(38-59-61(55,56)58-34-33-48)60-47(54)30-26-25-28-40(50)35-43-42(44(51)36-45(43)52)32-31-39(49)27-23-6-4-2/h9-10,12-13,15-16,18-19,21-22,31-32,39,41-45,49,51-52H,3-8,11,14,17,20,23-30,33-38,48H2,1-2H3,(H,55,56)/b10-9-,13-12-,16-15-,19-18-,22-21-,32-31+/t39-,41+,42+,43+,44+,45-/m0/s1. The normalized spacial score (nSPS) is 20.5. The van der Waals surface area contributed by atoms with Crippen molar-refractivity contribution in [2.75, 3.05) is 26.4 Å². The Balaban J connectivity index is 2.47. The summed E-state index contributed by atoms with van der Waals surface area (Å²) < 4.78 is 32.6. The molecule has 13 nitrogen and oxygen atoms in total. The van der Waals surface area contributed by atoms with E-state index in [0.29, 0.717) is 25.7 Å². The van der Waals surface area contributed by atoms with Crippen molar-refractivity contribution in [1.29, 1.82) is 0 Å². The second kappa shape index (κ2) is 36.5. The van der Waals surface area contributed by atoms with E-state index in [-0.39, 0.29) is 51.0 Å². The summed E-state index contributed by atoms with van der Waals surface area (Å²) in [4.78, 5) is 47.9. The van der Waals surface area contributed by atoms with Crippen molar-refractivity contribution in [1.82, 2.24) is 0 Å². The lowest BCUT2D eigenvalue weighted by Gasteiger charge is -2.20. The topological polar surface area (TPSA) is 212 Å². The molecule has 348 valence electrons. The van der Waals surface area contributed by atoms with E-state index in [4.69, 9.17) is 24.3 Å². The number of unbranched alkanes of at least 4 members (excludes halogenated alkanes) is 6. The van der Waals surface area contributed by atoms with Crippen molar-refractivity contribution in [2.24, 2.45) is 17.6 Å². The molecule has 0 spiro atoms. The SMILES string of the molecule is CCCCC/C=C\C/C=C\C/C=C\C/C=C\C/C=C\CCC(=O)OC[C@H](COP(=O)(O)OCCN)OC(=O)CCCCC(=O)C[C@@H]1[C@@H](/C=C/[C@@H](O)CCCCC)[C@H](O)C[C@@H]1O. The van der Waals surface area contributed by atoms with Crippen LogP contribution >= 0.6 is 7.82 Å². The summed E-state index contributed by atoms with van der Waals surface area (Å²) in [5.74, 6) is -2.26. The molecule has 6 N–H and O–H groups in total. The molecule has 1 rings (SSSR count). The molecule has 0 heterocycles. The Morgan fingerprint density at radius 3 is 1.93 bits per heavy atom. The van der Waals surface area contributed by atoms with E-state index in [1.165, 1.54) is 19.3 Å². The number of aliphatic hydroxyl groups is 3. The van der Waals surface area contributed by atoms with E-state index in [2.05, 4.69) is 62.5 Å². The van der Waals surface area contributed by atoms with E-state index in [1.807, 2.05) is 12.2 Å². The van der Waals surface area contributed by atoms with Crippen molar-refractivity contribution in [2.45, 2.75) is 167 Å². The molecule has 0 radical (unpaired) electrons. The second-order valence-electron chi connectivity index (χ2n) is 15.5. The number of carbonyl (C=O) groups is 3. The zero-order chi connectivity index (χ0) is 45.0. The number of Topliss-reactive ketones (excluding diaryl/α,β-unsaturated/α-hetero) is 1. The third kappa shape index (κ3) is 30.7. The van der Waals surface area contributed by atoms with Crippen LogP contribution in [0.3, 0.4) is 0 Å². The van der Waals surface area contributed by atoms with Crippen LogP contribution in [0.2, 0.25) is 0 Å². The molecule has 1 aliphatic carbocycles. The van der Waals surface area contributed by atoms with Gasteiger partial charge in [0.2, 0.25) is 0 Å². The number of ketones is 1. The van der Waals surface area contributed by atoms with Crippen molar-refractivity contribution < 1.29 is 57.7 Å². The van der Waals surface area contributed by atoms with Gasteiger partial charge in [-0.3, -0.25) is 23.4 Å². The summed E-state index contributed by atoms with van der Waals surface area (Å²) in [5.41, 5.74) is 5.33. The number of hydrogen-bond donors (Lipinski definition) is 5. The van der Waals surface area contributed by atoms with Gasteiger partial charge in [0.25, 0.3) is 0 Å². The first-order valence-corrected chi connectivity index (χ1v) is 24.1. The first kappa shape index (κ1) is 56.0. The monoisotopic (exact) mass is 880 g/mol. The van der Waals surface area contributed by atoms with Crippen LogP contribution in [0.15, 0.2) is 72.9 Å². The maximum Gasteiger partial charge on any atom is 0.472 e. The summed E-state index contributed by atoms with van der Waals surface area (Å²) in [5, 5.41) is 31.3. The molecule has 1 aliphatic rings. The van der Waals surface area contributed by atoms with Gasteiger partial charge in [-0.15, -0.1) is 0 Å². The molecule has 0 aromatic heterocycles. The van der Waals surface area contributed by atoms with Crippen LogP contribution in [0.4, 0.5) is 0 Å². The predicted molar refractivity (Wildman–Crippen MR) is 240 cm³/mol. The Labute approximate surface area is 365 Å². The van der Waals surface area contributed by atoms with Crippen molar-refractivity contribution in [3.63, 3.8) is 0 Å². The third-order valence-electron chi connectivity index (χ3n) is 10.1. The Morgan fingerprint density at radius 1 is 0.721 bits per heavy atom. The minimum absolute atomic E-state index is 0.0193. The number of hydrogen-bond acceptors (Lipinski definition) is 12. The van der Waals surface area contributed by atoms with Crippen LogP contribution in [0.5, 0.6) is 0 Å². The van der Waals surface area contributed by atoms with Gasteiger partial charge >= 0.3 is 19.8 Å². The minimum Gasteiger partial charge on any atom is -0.462 e. The van der Waals surface area contributed by atoms with Gasteiger partial charge in [-0.25, -0.2) is 4.57 Å². The Hall–Kier alpha value is -3.00. The zero-order valence-corrected chi connectivity index (χ0v) is 37.8. The number of aliphatic hydroxyl groups excluding tert-OH is 3. The van der Waals surface area contributed by atoms with Crippen LogP contribution in [-0.4, -0.2) is 88.7 Å². The van der Waals surface area contributed by atoms with Crippen molar-refractivity contribution in [3.05, 3.63) is 72.9 Å². The highest BCUT2D eigenvalue weighted by Crippen LogP contribution is 2.43. The number of esters is 2. The van der Waals surface area contributed by atoms with Crippen LogP contribution in [0, 0.1) is 11.8 Å². The largest absolute Gasteiger partial charge is 0.472 e. The molecule has 14 heteroatoms. The van der Waals surface area contributed by atoms with E-state index in [0.717, 1.165) is 51.4 Å². The highest BCUT2D eigenvalue weighted by Gasteiger charge is 2.41. The van der Waals surface area contributed by atoms with Crippen LogP contribution < -0.4 is 5.73 Å². The Kier molecular flexibility index (Phi) is 33.5. The fourth-order valence-corrected chi connectivity index (χ4v) is 7.38. The quantitative estimate of drug-likeness (QED) is 0.0171. The number of allylic oxidation sites excluding steroid dienone is 10. The molecule has 0 saturated heterocycles. The maximum atomic E-state index is 12.9. The smallest absolute Gasteiger partial charge is 0.462 e. The van der Waals surface area contributed by atoms with Gasteiger partial charge in [-0.2, -0.15) is 0 Å². The van der Waals surface area contributed by atoms with E-state index in [1.54, 1.807) is 12.2 Å². The highest BCUT2D eigenvalue weighted by molar-refractivity contribution is 7.47. The first-order valence-electron chi connectivity index (χ1n) is 22.6. The lowest BCUT2D eigenvalue weighted by molar-refractivity contribution is -0.161. The highest BCUT2D eigenvalue weighted by atomic mass is 31.2. The molecule has 1 unspecified atom stereocenters. The zero-order valence-electron chi connectivity index (χ0n) is 36.9. The molecule has 0 aromatic rings. The summed E-state index contributed by atoms with van der Waals surface area (Å²) in [6.45, 7) is 3.05. The summed E-state index contributed by atoms with van der Waals surface area (Å²) in [6.07, 6.45) is 34.4. The average molecular weight is 880 g/mol. The van der Waals surface area contributed by atoms with Gasteiger partial charge in [0.15, 0.2) is 6.10 Å². The molecule has 0 aromatic carbocycles. The van der Waals surface area contributed by atoms with Crippen LogP contribution in [0.25, 0.3) is 0 Å². The second-order valence-corrected chi connectivity index (χ2v) is 17.0. The van der Waals surface area contributed by atoms with E-state index in [9.17, 15) is 39.2 Å². The van der Waals surface area contributed by atoms with E-state index >= 15 is 0 Å². The van der Waals surface area contributed by atoms with Crippen molar-refractivity contribution in [3.8, 4) is 0 Å². The lowest BCUT2D eigenvalue weighted by Crippen LogP contribution is -2.29. The van der Waals surface area contributed by atoms with Crippen LogP contribution in [0.1, 0.15) is 142 Å².